The number of ketones is 1. The Morgan fingerprint density at radius 2 is 2.00 bits per heavy atom. The number of rotatable bonds is 3. The van der Waals surface area contributed by atoms with Crippen LogP contribution in [0, 0.1) is 11.8 Å². The number of benzene rings is 1. The molecule has 1 aliphatic carbocycles. The summed E-state index contributed by atoms with van der Waals surface area (Å²) in [6.07, 6.45) is 3.83. The summed E-state index contributed by atoms with van der Waals surface area (Å²) in [7, 11) is 0. The second-order valence-corrected chi connectivity index (χ2v) is 5.24. The molecule has 0 amide bonds. The smallest absolute Gasteiger partial charge is 0.162 e. The summed E-state index contributed by atoms with van der Waals surface area (Å²) in [5, 5.41) is 0. The zero-order valence-corrected chi connectivity index (χ0v) is 11.1. The van der Waals surface area contributed by atoms with Crippen LogP contribution in [0.3, 0.4) is 0 Å². The van der Waals surface area contributed by atoms with Crippen LogP contribution in [0.15, 0.2) is 54.1 Å². The van der Waals surface area contributed by atoms with Crippen LogP contribution in [-0.4, -0.2) is 5.78 Å². The maximum atomic E-state index is 12.3. The molecule has 2 atom stereocenters. The summed E-state index contributed by atoms with van der Waals surface area (Å²) < 4.78 is 0. The molecule has 0 bridgehead atoms. The van der Waals surface area contributed by atoms with E-state index in [1.807, 2.05) is 32.0 Å². The second-order valence-electron chi connectivity index (χ2n) is 5.24. The molecule has 0 saturated carbocycles. The van der Waals surface area contributed by atoms with Gasteiger partial charge in [-0.05, 0) is 43.7 Å². The predicted molar refractivity (Wildman–Crippen MR) is 75.3 cm³/mol. The third-order valence-electron chi connectivity index (χ3n) is 3.82. The molecule has 0 heterocycles. The average Bonchev–Trinajstić information content (AvgIpc) is 2.36. The molecule has 2 rings (SSSR count). The lowest BCUT2D eigenvalue weighted by molar-refractivity contribution is -0.120. The predicted octanol–water partition coefficient (Wildman–Crippen LogP) is 3.96. The molecule has 94 valence electrons. The first-order valence-electron chi connectivity index (χ1n) is 6.50. The van der Waals surface area contributed by atoms with Gasteiger partial charge in [0.2, 0.25) is 0 Å². The average molecular weight is 240 g/mol. The molecule has 1 nitrogen and oxygen atoms in total. The highest BCUT2D eigenvalue weighted by molar-refractivity contribution is 5.98. The van der Waals surface area contributed by atoms with E-state index in [-0.39, 0.29) is 11.7 Å². The normalized spacial score (nSPS) is 23.7. The van der Waals surface area contributed by atoms with Crippen molar-refractivity contribution in [2.75, 3.05) is 0 Å². The van der Waals surface area contributed by atoms with E-state index in [9.17, 15) is 4.79 Å². The van der Waals surface area contributed by atoms with E-state index in [4.69, 9.17) is 0 Å². The van der Waals surface area contributed by atoms with Gasteiger partial charge in [-0.2, -0.15) is 0 Å². The Morgan fingerprint density at radius 1 is 1.33 bits per heavy atom. The summed E-state index contributed by atoms with van der Waals surface area (Å²) in [5.41, 5.74) is 3.26. The Bertz CT molecular complexity index is 482. The Balaban J connectivity index is 2.24. The molecule has 1 aromatic carbocycles. The molecule has 0 radical (unpaired) electrons. The molecule has 1 aromatic rings. The van der Waals surface area contributed by atoms with Crippen LogP contribution in [0.4, 0.5) is 0 Å². The number of hydrogen-bond donors (Lipinski definition) is 0. The fourth-order valence-corrected chi connectivity index (χ4v) is 2.69. The SMILES string of the molecule is C=C(C)[C@H]1CC=C(C)C(=O)C1Cc1ccccc1. The van der Waals surface area contributed by atoms with Crippen LogP contribution >= 0.6 is 0 Å². The summed E-state index contributed by atoms with van der Waals surface area (Å²) in [6.45, 7) is 8.01. The Morgan fingerprint density at radius 3 is 2.61 bits per heavy atom. The minimum absolute atomic E-state index is 0.0647. The fourth-order valence-electron chi connectivity index (χ4n) is 2.69. The van der Waals surface area contributed by atoms with E-state index in [2.05, 4.69) is 24.8 Å². The second kappa shape index (κ2) is 5.34. The first kappa shape index (κ1) is 12.8. The largest absolute Gasteiger partial charge is 0.294 e. The third-order valence-corrected chi connectivity index (χ3v) is 3.82. The van der Waals surface area contributed by atoms with E-state index < -0.39 is 0 Å². The Kier molecular flexibility index (Phi) is 3.81. The molecule has 0 aliphatic heterocycles. The maximum absolute atomic E-state index is 12.3. The Labute approximate surface area is 109 Å². The lowest BCUT2D eigenvalue weighted by Crippen LogP contribution is -2.30. The standard InChI is InChI=1S/C17H20O/c1-12(2)15-10-9-13(3)17(18)16(15)11-14-7-5-4-6-8-14/h4-9,15-16H,1,10-11H2,2-3H3/t15-,16?/m1/s1. The van der Waals surface area contributed by atoms with Gasteiger partial charge in [0.05, 0.1) is 0 Å². The van der Waals surface area contributed by atoms with Crippen LogP contribution in [0.5, 0.6) is 0 Å². The summed E-state index contributed by atoms with van der Waals surface area (Å²) >= 11 is 0. The van der Waals surface area contributed by atoms with Gasteiger partial charge in [-0.25, -0.2) is 0 Å². The molecule has 0 fully saturated rings. The highest BCUT2D eigenvalue weighted by Gasteiger charge is 2.32. The van der Waals surface area contributed by atoms with Gasteiger partial charge in [-0.3, -0.25) is 4.79 Å². The molecular formula is C17H20O. The molecule has 1 aliphatic rings. The van der Waals surface area contributed by atoms with E-state index >= 15 is 0 Å². The van der Waals surface area contributed by atoms with Gasteiger partial charge in [0, 0.05) is 5.92 Å². The zero-order chi connectivity index (χ0) is 13.1. The number of hydrogen-bond acceptors (Lipinski definition) is 1. The van der Waals surface area contributed by atoms with Gasteiger partial charge in [0.25, 0.3) is 0 Å². The molecule has 1 unspecified atom stereocenters. The number of carbonyl (C=O) groups excluding carboxylic acids is 1. The lowest BCUT2D eigenvalue weighted by atomic mass is 9.73. The van der Waals surface area contributed by atoms with Crippen molar-refractivity contribution in [1.29, 1.82) is 0 Å². The maximum Gasteiger partial charge on any atom is 0.162 e. The third kappa shape index (κ3) is 2.61. The highest BCUT2D eigenvalue weighted by atomic mass is 16.1. The molecule has 0 spiro atoms. The first-order valence-corrected chi connectivity index (χ1v) is 6.50. The summed E-state index contributed by atoms with van der Waals surface area (Å²) in [6, 6.07) is 10.3. The summed E-state index contributed by atoms with van der Waals surface area (Å²) in [4.78, 5) is 12.3. The van der Waals surface area contributed by atoms with Crippen LogP contribution in [0.1, 0.15) is 25.8 Å². The molecule has 18 heavy (non-hydrogen) atoms. The van der Waals surface area contributed by atoms with Crippen LogP contribution in [0.2, 0.25) is 0 Å². The van der Waals surface area contributed by atoms with Gasteiger partial charge in [0.1, 0.15) is 0 Å². The van der Waals surface area contributed by atoms with E-state index in [0.717, 1.165) is 24.0 Å². The minimum Gasteiger partial charge on any atom is -0.294 e. The van der Waals surface area contributed by atoms with Gasteiger partial charge in [-0.15, -0.1) is 0 Å². The quantitative estimate of drug-likeness (QED) is 0.731. The van der Waals surface area contributed by atoms with Gasteiger partial charge >= 0.3 is 0 Å². The van der Waals surface area contributed by atoms with Gasteiger partial charge < -0.3 is 0 Å². The number of allylic oxidation sites excluding steroid dienone is 3. The topological polar surface area (TPSA) is 17.1 Å². The van der Waals surface area contributed by atoms with E-state index in [1.54, 1.807) is 0 Å². The van der Waals surface area contributed by atoms with Crippen LogP contribution in [0.25, 0.3) is 0 Å². The van der Waals surface area contributed by atoms with Gasteiger partial charge in [0.15, 0.2) is 5.78 Å². The van der Waals surface area contributed by atoms with Crippen molar-refractivity contribution in [1.82, 2.24) is 0 Å². The van der Waals surface area contributed by atoms with Crippen molar-refractivity contribution in [2.24, 2.45) is 11.8 Å². The van der Waals surface area contributed by atoms with Gasteiger partial charge in [-0.1, -0.05) is 48.6 Å². The first-order chi connectivity index (χ1) is 8.59. The fraction of sp³-hybridized carbons (Fsp3) is 0.353. The highest BCUT2D eigenvalue weighted by Crippen LogP contribution is 2.33. The molecule has 0 N–H and O–H groups in total. The molecule has 0 saturated heterocycles. The number of Topliss-reactive ketones (excluding diaryl/α,β-unsaturated/α-hetero) is 1. The zero-order valence-electron chi connectivity index (χ0n) is 11.1. The van der Waals surface area contributed by atoms with E-state index in [0.29, 0.717) is 5.92 Å². The van der Waals surface area contributed by atoms with Crippen molar-refractivity contribution in [3.63, 3.8) is 0 Å². The lowest BCUT2D eigenvalue weighted by Gasteiger charge is -2.30. The number of carbonyl (C=O) groups is 1. The Hall–Kier alpha value is -1.63. The van der Waals surface area contributed by atoms with E-state index in [1.165, 1.54) is 5.56 Å². The van der Waals surface area contributed by atoms with Crippen molar-refractivity contribution in [3.05, 3.63) is 59.7 Å². The van der Waals surface area contributed by atoms with Crippen molar-refractivity contribution in [3.8, 4) is 0 Å². The molecule has 0 aromatic heterocycles. The minimum atomic E-state index is 0.0647. The monoisotopic (exact) mass is 240 g/mol. The molecule has 1 heteroatoms. The van der Waals surface area contributed by atoms with Crippen LogP contribution < -0.4 is 0 Å². The van der Waals surface area contributed by atoms with Crippen molar-refractivity contribution < 1.29 is 4.79 Å². The van der Waals surface area contributed by atoms with Crippen LogP contribution in [-0.2, 0) is 11.2 Å². The summed E-state index contributed by atoms with van der Waals surface area (Å²) in [5.74, 6) is 0.648. The van der Waals surface area contributed by atoms with Crippen molar-refractivity contribution >= 4 is 5.78 Å². The van der Waals surface area contributed by atoms with Crippen molar-refractivity contribution in [2.45, 2.75) is 26.7 Å². The molecular weight excluding hydrogens is 220 g/mol.